The molecule has 7 heteroatoms. The van der Waals surface area contributed by atoms with Crippen molar-refractivity contribution in [1.82, 2.24) is 10.1 Å². The van der Waals surface area contributed by atoms with Gasteiger partial charge in [0.1, 0.15) is 0 Å². The highest BCUT2D eigenvalue weighted by atomic mass is 32.1. The number of hydrogen-bond donors (Lipinski definition) is 1. The van der Waals surface area contributed by atoms with Crippen LogP contribution in [0.1, 0.15) is 5.89 Å². The molecular formula is C10H7N3O3S. The number of nitrogens with zero attached hydrogens (tertiary/aromatic N) is 2. The second kappa shape index (κ2) is 3.79. The molecule has 6 nitrogen and oxygen atoms in total. The Labute approximate surface area is 98.7 Å². The Balaban J connectivity index is 2.25. The van der Waals surface area contributed by atoms with Crippen molar-refractivity contribution in [2.75, 3.05) is 0 Å². The third-order valence-electron chi connectivity index (χ3n) is 2.24. The van der Waals surface area contributed by atoms with Gasteiger partial charge in [0.15, 0.2) is 5.58 Å². The van der Waals surface area contributed by atoms with E-state index < -0.39 is 0 Å². The molecule has 2 N–H and O–H groups in total. The van der Waals surface area contributed by atoms with Crippen LogP contribution < -0.4 is 10.7 Å². The molecule has 2 heterocycles. The van der Waals surface area contributed by atoms with Crippen LogP contribution in [0.15, 0.2) is 31.9 Å². The zero-order chi connectivity index (χ0) is 11.8. The second-order valence-electron chi connectivity index (χ2n) is 3.30. The number of rotatable bonds is 2. The lowest BCUT2D eigenvalue weighted by Gasteiger charge is -1.93. The predicted molar refractivity (Wildman–Crippen MR) is 61.5 cm³/mol. The van der Waals surface area contributed by atoms with Crippen LogP contribution in [-0.4, -0.2) is 10.1 Å². The lowest BCUT2D eigenvalue weighted by atomic mass is 10.2. The highest BCUT2D eigenvalue weighted by Crippen LogP contribution is 2.27. The fourth-order valence-electron chi connectivity index (χ4n) is 1.52. The van der Waals surface area contributed by atoms with Crippen molar-refractivity contribution in [3.8, 4) is 11.4 Å². The van der Waals surface area contributed by atoms with Crippen molar-refractivity contribution in [3.63, 3.8) is 0 Å². The van der Waals surface area contributed by atoms with Gasteiger partial charge in [-0.2, -0.15) is 4.98 Å². The van der Waals surface area contributed by atoms with Crippen molar-refractivity contribution >= 4 is 21.6 Å². The normalized spacial score (nSPS) is 11.1. The van der Waals surface area contributed by atoms with Gasteiger partial charge >= 0.3 is 4.94 Å². The highest BCUT2D eigenvalue weighted by molar-refractivity contribution is 7.16. The van der Waals surface area contributed by atoms with Crippen LogP contribution in [-0.2, 0) is 6.54 Å². The van der Waals surface area contributed by atoms with Gasteiger partial charge < -0.3 is 14.7 Å². The van der Waals surface area contributed by atoms with Gasteiger partial charge in [-0.05, 0) is 12.1 Å². The highest BCUT2D eigenvalue weighted by Gasteiger charge is 2.14. The first-order valence-corrected chi connectivity index (χ1v) is 5.65. The van der Waals surface area contributed by atoms with Crippen LogP contribution >= 0.6 is 11.3 Å². The summed E-state index contributed by atoms with van der Waals surface area (Å²) in [6, 6.07) is 5.38. The third-order valence-corrected chi connectivity index (χ3v) is 3.03. The number of fused-ring (bicyclic) bond motifs is 1. The minimum Gasteiger partial charge on any atom is -0.413 e. The largest absolute Gasteiger partial charge is 0.413 e. The maximum Gasteiger partial charge on any atom is 0.396 e. The molecule has 86 valence electrons. The van der Waals surface area contributed by atoms with Gasteiger partial charge in [-0.15, -0.1) is 0 Å². The first-order valence-electron chi connectivity index (χ1n) is 4.83. The molecule has 0 aliphatic rings. The fraction of sp³-hybridized carbons (Fsp3) is 0.100. The van der Waals surface area contributed by atoms with Gasteiger partial charge in [-0.3, -0.25) is 0 Å². The van der Waals surface area contributed by atoms with E-state index in [2.05, 4.69) is 10.1 Å². The molecule has 3 rings (SSSR count). The summed E-state index contributed by atoms with van der Waals surface area (Å²) in [6.45, 7) is 0.177. The molecule has 2 aromatic heterocycles. The van der Waals surface area contributed by atoms with E-state index in [0.717, 1.165) is 16.0 Å². The maximum absolute atomic E-state index is 11.2. The van der Waals surface area contributed by atoms with Crippen molar-refractivity contribution in [2.24, 2.45) is 5.73 Å². The summed E-state index contributed by atoms with van der Waals surface area (Å²) in [4.78, 5) is 14.9. The van der Waals surface area contributed by atoms with Gasteiger partial charge in [0.25, 0.3) is 0 Å². The molecule has 3 aromatic rings. The van der Waals surface area contributed by atoms with Gasteiger partial charge in [0.2, 0.25) is 11.7 Å². The predicted octanol–water partition coefficient (Wildman–Crippen LogP) is 1.36. The quantitative estimate of drug-likeness (QED) is 0.736. The van der Waals surface area contributed by atoms with E-state index in [-0.39, 0.29) is 11.5 Å². The van der Waals surface area contributed by atoms with E-state index in [4.69, 9.17) is 14.7 Å². The summed E-state index contributed by atoms with van der Waals surface area (Å²) in [5.41, 5.74) is 6.50. The van der Waals surface area contributed by atoms with E-state index >= 15 is 0 Å². The molecular weight excluding hydrogens is 242 g/mol. The van der Waals surface area contributed by atoms with Crippen LogP contribution in [0.5, 0.6) is 0 Å². The summed E-state index contributed by atoms with van der Waals surface area (Å²) >= 11 is 1.04. The van der Waals surface area contributed by atoms with E-state index in [1.54, 1.807) is 12.1 Å². The van der Waals surface area contributed by atoms with Gasteiger partial charge in [0.05, 0.1) is 16.8 Å². The molecule has 1 aromatic carbocycles. The molecule has 0 bridgehead atoms. The van der Waals surface area contributed by atoms with E-state index in [0.29, 0.717) is 22.9 Å². The second-order valence-corrected chi connectivity index (χ2v) is 4.28. The van der Waals surface area contributed by atoms with Gasteiger partial charge in [-0.1, -0.05) is 22.6 Å². The SMILES string of the molecule is NCc1nc(-c2cccc3sc(=O)oc23)no1. The average molecular weight is 249 g/mol. The Kier molecular flexibility index (Phi) is 2.27. The molecule has 0 unspecified atom stereocenters. The number of hydrogen-bond acceptors (Lipinski definition) is 7. The molecule has 0 fully saturated rings. The summed E-state index contributed by atoms with van der Waals surface area (Å²) < 4.78 is 10.8. The summed E-state index contributed by atoms with van der Waals surface area (Å²) in [5.74, 6) is 0.715. The lowest BCUT2D eigenvalue weighted by Crippen LogP contribution is -1.95. The molecule has 17 heavy (non-hydrogen) atoms. The van der Waals surface area contributed by atoms with Crippen molar-refractivity contribution < 1.29 is 8.94 Å². The molecule has 0 spiro atoms. The van der Waals surface area contributed by atoms with Crippen LogP contribution in [0.2, 0.25) is 0 Å². The Morgan fingerprint density at radius 2 is 2.29 bits per heavy atom. The Bertz CT molecular complexity index is 728. The Morgan fingerprint density at radius 1 is 1.41 bits per heavy atom. The van der Waals surface area contributed by atoms with Crippen LogP contribution in [0.25, 0.3) is 21.7 Å². The number of aromatic nitrogens is 2. The molecule has 0 saturated carbocycles. The van der Waals surface area contributed by atoms with E-state index in [1.165, 1.54) is 0 Å². The molecule has 0 atom stereocenters. The van der Waals surface area contributed by atoms with Crippen molar-refractivity contribution in [1.29, 1.82) is 0 Å². The first-order chi connectivity index (χ1) is 8.28. The van der Waals surface area contributed by atoms with Crippen molar-refractivity contribution in [3.05, 3.63) is 33.8 Å². The van der Waals surface area contributed by atoms with Gasteiger partial charge in [0, 0.05) is 0 Å². The smallest absolute Gasteiger partial charge is 0.396 e. The zero-order valence-electron chi connectivity index (χ0n) is 8.54. The molecule has 0 saturated heterocycles. The number of para-hydroxylation sites is 1. The van der Waals surface area contributed by atoms with E-state index in [1.807, 2.05) is 6.07 Å². The summed E-state index contributed by atoms with van der Waals surface area (Å²) in [7, 11) is 0. The minimum atomic E-state index is -0.352. The maximum atomic E-state index is 11.2. The number of benzene rings is 1. The first kappa shape index (κ1) is 10.2. The molecule has 0 amide bonds. The number of nitrogens with two attached hydrogens (primary N) is 1. The van der Waals surface area contributed by atoms with Crippen LogP contribution in [0.4, 0.5) is 0 Å². The Morgan fingerprint density at radius 3 is 3.06 bits per heavy atom. The summed E-state index contributed by atoms with van der Waals surface area (Å²) in [5, 5.41) is 3.79. The molecule has 0 aliphatic heterocycles. The Hall–Kier alpha value is -1.99. The van der Waals surface area contributed by atoms with Crippen LogP contribution in [0.3, 0.4) is 0 Å². The summed E-state index contributed by atoms with van der Waals surface area (Å²) in [6.07, 6.45) is 0. The average Bonchev–Trinajstić information content (AvgIpc) is 2.92. The van der Waals surface area contributed by atoms with Crippen molar-refractivity contribution in [2.45, 2.75) is 6.54 Å². The third kappa shape index (κ3) is 1.65. The zero-order valence-corrected chi connectivity index (χ0v) is 9.36. The standard InChI is InChI=1S/C10H7N3O3S/c11-4-7-12-9(13-16-7)5-2-1-3-6-8(5)15-10(14)17-6/h1-3H,4,11H2. The molecule has 0 aliphatic carbocycles. The monoisotopic (exact) mass is 249 g/mol. The minimum absolute atomic E-state index is 0.177. The van der Waals surface area contributed by atoms with Crippen LogP contribution in [0, 0.1) is 0 Å². The topological polar surface area (TPSA) is 95.2 Å². The van der Waals surface area contributed by atoms with Gasteiger partial charge in [-0.25, -0.2) is 4.79 Å². The fourth-order valence-corrected chi connectivity index (χ4v) is 2.21. The lowest BCUT2D eigenvalue weighted by molar-refractivity contribution is 0.380. The molecule has 0 radical (unpaired) electrons. The van der Waals surface area contributed by atoms with E-state index in [9.17, 15) is 4.79 Å².